The zero-order chi connectivity index (χ0) is 13.1. The summed E-state index contributed by atoms with van der Waals surface area (Å²) in [5, 5.41) is 8.22. The first-order valence-corrected chi connectivity index (χ1v) is 7.88. The van der Waals surface area contributed by atoms with Crippen LogP contribution in [0.2, 0.25) is 0 Å². The summed E-state index contributed by atoms with van der Waals surface area (Å²) >= 11 is 3.67. The maximum absolute atomic E-state index is 4.54. The van der Waals surface area contributed by atoms with Crippen molar-refractivity contribution in [1.29, 1.82) is 0 Å². The SMILES string of the molecule is CCc1nn(C)c(CNC(CC)CC2CC2)c1Br. The van der Waals surface area contributed by atoms with Crippen LogP contribution in [0.1, 0.15) is 50.9 Å². The molecule has 0 aliphatic heterocycles. The van der Waals surface area contributed by atoms with Crippen molar-refractivity contribution >= 4 is 15.9 Å². The standard InChI is InChI=1S/C14H24BrN3/c1-4-11(8-10-6-7-10)16-9-13-14(15)12(5-2)17-18(13)3/h10-11,16H,4-9H2,1-3H3. The fourth-order valence-corrected chi connectivity index (χ4v) is 3.16. The lowest BCUT2D eigenvalue weighted by Crippen LogP contribution is -2.29. The summed E-state index contributed by atoms with van der Waals surface area (Å²) in [5.41, 5.74) is 2.42. The van der Waals surface area contributed by atoms with Crippen molar-refractivity contribution < 1.29 is 0 Å². The first-order chi connectivity index (χ1) is 8.65. The van der Waals surface area contributed by atoms with Gasteiger partial charge in [-0.2, -0.15) is 5.10 Å². The maximum atomic E-state index is 4.54. The molecule has 1 aromatic rings. The molecule has 0 spiro atoms. The van der Waals surface area contributed by atoms with Gasteiger partial charge in [-0.1, -0.05) is 26.7 Å². The first-order valence-electron chi connectivity index (χ1n) is 7.09. The van der Waals surface area contributed by atoms with Crippen LogP contribution in [0, 0.1) is 5.92 Å². The highest BCUT2D eigenvalue weighted by atomic mass is 79.9. The molecule has 3 nitrogen and oxygen atoms in total. The molecule has 0 aromatic carbocycles. The maximum Gasteiger partial charge on any atom is 0.0767 e. The molecule has 1 fully saturated rings. The minimum absolute atomic E-state index is 0.657. The summed E-state index contributed by atoms with van der Waals surface area (Å²) < 4.78 is 3.18. The fraction of sp³-hybridized carbons (Fsp3) is 0.786. The second-order valence-electron chi connectivity index (χ2n) is 5.35. The Hall–Kier alpha value is -0.350. The molecule has 1 heterocycles. The third-order valence-corrected chi connectivity index (χ3v) is 4.78. The Balaban J connectivity index is 1.93. The van der Waals surface area contributed by atoms with E-state index in [1.54, 1.807) is 0 Å². The van der Waals surface area contributed by atoms with E-state index in [-0.39, 0.29) is 0 Å². The van der Waals surface area contributed by atoms with Crippen molar-refractivity contribution in [1.82, 2.24) is 15.1 Å². The van der Waals surface area contributed by atoms with E-state index in [2.05, 4.69) is 40.2 Å². The fourth-order valence-electron chi connectivity index (χ4n) is 2.40. The van der Waals surface area contributed by atoms with Gasteiger partial charge in [0.15, 0.2) is 0 Å². The highest BCUT2D eigenvalue weighted by Crippen LogP contribution is 2.34. The van der Waals surface area contributed by atoms with Crippen LogP contribution in [0.5, 0.6) is 0 Å². The number of aryl methyl sites for hydroxylation is 2. The van der Waals surface area contributed by atoms with Gasteiger partial charge in [0.2, 0.25) is 0 Å². The van der Waals surface area contributed by atoms with E-state index in [1.807, 2.05) is 11.7 Å². The van der Waals surface area contributed by atoms with Gasteiger partial charge >= 0.3 is 0 Å². The van der Waals surface area contributed by atoms with Crippen LogP contribution in [0.3, 0.4) is 0 Å². The smallest absolute Gasteiger partial charge is 0.0767 e. The zero-order valence-electron chi connectivity index (χ0n) is 11.7. The van der Waals surface area contributed by atoms with Crippen LogP contribution in [-0.2, 0) is 20.0 Å². The molecular formula is C14H24BrN3. The van der Waals surface area contributed by atoms with Crippen LogP contribution in [-0.4, -0.2) is 15.8 Å². The minimum atomic E-state index is 0.657. The van der Waals surface area contributed by atoms with E-state index in [0.29, 0.717) is 6.04 Å². The molecule has 1 unspecified atom stereocenters. The number of nitrogens with zero attached hydrogens (tertiary/aromatic N) is 2. The molecule has 4 heteroatoms. The van der Waals surface area contributed by atoms with Gasteiger partial charge in [-0.05, 0) is 41.1 Å². The Bertz CT molecular complexity index is 396. The van der Waals surface area contributed by atoms with Crippen molar-refractivity contribution in [3.63, 3.8) is 0 Å². The average Bonchev–Trinajstić information content (AvgIpc) is 3.13. The van der Waals surface area contributed by atoms with Gasteiger partial charge in [0.05, 0.1) is 15.9 Å². The van der Waals surface area contributed by atoms with Crippen molar-refractivity contribution in [3.05, 3.63) is 15.9 Å². The molecule has 1 aliphatic rings. The molecule has 102 valence electrons. The third kappa shape index (κ3) is 3.35. The van der Waals surface area contributed by atoms with Crippen molar-refractivity contribution in [3.8, 4) is 0 Å². The lowest BCUT2D eigenvalue weighted by Gasteiger charge is -2.16. The van der Waals surface area contributed by atoms with Gasteiger partial charge in [-0.25, -0.2) is 0 Å². The minimum Gasteiger partial charge on any atom is -0.308 e. The van der Waals surface area contributed by atoms with Crippen molar-refractivity contribution in [2.24, 2.45) is 13.0 Å². The van der Waals surface area contributed by atoms with E-state index in [1.165, 1.54) is 35.8 Å². The number of halogens is 1. The predicted molar refractivity (Wildman–Crippen MR) is 78.5 cm³/mol. The van der Waals surface area contributed by atoms with Gasteiger partial charge in [-0.3, -0.25) is 4.68 Å². The van der Waals surface area contributed by atoms with Gasteiger partial charge in [-0.15, -0.1) is 0 Å². The highest BCUT2D eigenvalue weighted by molar-refractivity contribution is 9.10. The predicted octanol–water partition coefficient (Wildman–Crippen LogP) is 3.41. The largest absolute Gasteiger partial charge is 0.308 e. The van der Waals surface area contributed by atoms with Gasteiger partial charge in [0.1, 0.15) is 0 Å². The molecular weight excluding hydrogens is 290 g/mol. The molecule has 1 aromatic heterocycles. The molecule has 0 saturated heterocycles. The van der Waals surface area contributed by atoms with Gasteiger partial charge in [0, 0.05) is 19.6 Å². The second kappa shape index (κ2) is 6.20. The van der Waals surface area contributed by atoms with Gasteiger partial charge < -0.3 is 5.32 Å². The quantitative estimate of drug-likeness (QED) is 0.836. The molecule has 0 amide bonds. The molecule has 1 saturated carbocycles. The number of rotatable bonds is 7. The summed E-state index contributed by atoms with van der Waals surface area (Å²) in [6.07, 6.45) is 6.41. The summed E-state index contributed by atoms with van der Waals surface area (Å²) in [4.78, 5) is 0. The Morgan fingerprint density at radius 1 is 1.44 bits per heavy atom. The summed E-state index contributed by atoms with van der Waals surface area (Å²) in [5.74, 6) is 0.989. The van der Waals surface area contributed by atoms with Crippen LogP contribution < -0.4 is 5.32 Å². The van der Waals surface area contributed by atoms with Crippen LogP contribution in [0.15, 0.2) is 4.47 Å². The number of aromatic nitrogens is 2. The number of hydrogen-bond acceptors (Lipinski definition) is 2. The lowest BCUT2D eigenvalue weighted by atomic mass is 10.1. The number of hydrogen-bond donors (Lipinski definition) is 1. The molecule has 1 aliphatic carbocycles. The number of nitrogens with one attached hydrogen (secondary N) is 1. The third-order valence-electron chi connectivity index (χ3n) is 3.87. The molecule has 1 N–H and O–H groups in total. The Morgan fingerprint density at radius 2 is 2.17 bits per heavy atom. The molecule has 0 radical (unpaired) electrons. The zero-order valence-corrected chi connectivity index (χ0v) is 13.3. The van der Waals surface area contributed by atoms with E-state index >= 15 is 0 Å². The summed E-state index contributed by atoms with van der Waals surface area (Å²) in [6, 6.07) is 0.657. The van der Waals surface area contributed by atoms with Crippen LogP contribution in [0.25, 0.3) is 0 Å². The second-order valence-corrected chi connectivity index (χ2v) is 6.14. The average molecular weight is 314 g/mol. The molecule has 1 atom stereocenters. The Kier molecular flexibility index (Phi) is 4.84. The van der Waals surface area contributed by atoms with E-state index < -0.39 is 0 Å². The van der Waals surface area contributed by atoms with E-state index in [9.17, 15) is 0 Å². The molecule has 0 bridgehead atoms. The van der Waals surface area contributed by atoms with Crippen LogP contribution >= 0.6 is 15.9 Å². The lowest BCUT2D eigenvalue weighted by molar-refractivity contribution is 0.436. The Labute approximate surface area is 118 Å². The van der Waals surface area contributed by atoms with Crippen molar-refractivity contribution in [2.45, 2.75) is 58.5 Å². The topological polar surface area (TPSA) is 29.9 Å². The summed E-state index contributed by atoms with van der Waals surface area (Å²) in [6.45, 7) is 5.33. The first kappa shape index (κ1) is 14.1. The Morgan fingerprint density at radius 3 is 2.67 bits per heavy atom. The van der Waals surface area contributed by atoms with Crippen molar-refractivity contribution in [2.75, 3.05) is 0 Å². The van der Waals surface area contributed by atoms with E-state index in [4.69, 9.17) is 0 Å². The normalized spacial score (nSPS) is 17.1. The van der Waals surface area contributed by atoms with Gasteiger partial charge in [0.25, 0.3) is 0 Å². The molecule has 2 rings (SSSR count). The molecule has 18 heavy (non-hydrogen) atoms. The van der Waals surface area contributed by atoms with Crippen LogP contribution in [0.4, 0.5) is 0 Å². The summed E-state index contributed by atoms with van der Waals surface area (Å²) in [7, 11) is 2.03. The highest BCUT2D eigenvalue weighted by Gasteiger charge is 2.24. The van der Waals surface area contributed by atoms with E-state index in [0.717, 1.165) is 24.6 Å². The monoisotopic (exact) mass is 313 g/mol.